The summed E-state index contributed by atoms with van der Waals surface area (Å²) in [5.41, 5.74) is 6.29. The van der Waals surface area contributed by atoms with Gasteiger partial charge in [-0.2, -0.15) is 0 Å². The van der Waals surface area contributed by atoms with Gasteiger partial charge in [-0.3, -0.25) is 4.79 Å². The van der Waals surface area contributed by atoms with Crippen LogP contribution in [0.3, 0.4) is 0 Å². The molecule has 0 spiro atoms. The number of nitrogens with one attached hydrogen (secondary N) is 1. The summed E-state index contributed by atoms with van der Waals surface area (Å²) in [5.74, 6) is 0.517. The van der Waals surface area contributed by atoms with Gasteiger partial charge >= 0.3 is 0 Å². The predicted molar refractivity (Wildman–Crippen MR) is 83.7 cm³/mol. The van der Waals surface area contributed by atoms with Crippen molar-refractivity contribution in [3.8, 4) is 0 Å². The van der Waals surface area contributed by atoms with Gasteiger partial charge in [0.05, 0.1) is 0 Å². The molecule has 1 unspecified atom stereocenters. The van der Waals surface area contributed by atoms with Gasteiger partial charge in [0.15, 0.2) is 0 Å². The van der Waals surface area contributed by atoms with E-state index < -0.39 is 0 Å². The number of hydrogen-bond acceptors (Lipinski definition) is 2. The highest BCUT2D eigenvalue weighted by atomic mass is 16.1. The van der Waals surface area contributed by atoms with Crippen molar-refractivity contribution in [1.29, 1.82) is 0 Å². The highest BCUT2D eigenvalue weighted by molar-refractivity contribution is 5.98. The van der Waals surface area contributed by atoms with E-state index in [-0.39, 0.29) is 5.91 Å². The Morgan fingerprint density at radius 1 is 1.20 bits per heavy atom. The van der Waals surface area contributed by atoms with E-state index in [4.69, 9.17) is 5.73 Å². The lowest BCUT2D eigenvalue weighted by Crippen LogP contribution is -2.25. The summed E-state index contributed by atoms with van der Waals surface area (Å²) >= 11 is 0. The Hall–Kier alpha value is -1.87. The Morgan fingerprint density at radius 2 is 1.95 bits per heavy atom. The molecule has 0 bridgehead atoms. The van der Waals surface area contributed by atoms with Crippen molar-refractivity contribution in [2.45, 2.75) is 19.8 Å². The number of hydrogen-bond donors (Lipinski definition) is 2. The van der Waals surface area contributed by atoms with Crippen LogP contribution in [0.25, 0.3) is 10.8 Å². The predicted octanol–water partition coefficient (Wildman–Crippen LogP) is 2.94. The van der Waals surface area contributed by atoms with Crippen LogP contribution >= 0.6 is 0 Å². The normalized spacial score (nSPS) is 12.3. The second-order valence-electron chi connectivity index (χ2n) is 5.30. The number of fused-ring (bicyclic) bond motifs is 1. The zero-order valence-electron chi connectivity index (χ0n) is 11.9. The second-order valence-corrected chi connectivity index (χ2v) is 5.30. The van der Waals surface area contributed by atoms with Gasteiger partial charge in [0.2, 0.25) is 0 Å². The van der Waals surface area contributed by atoms with Crippen molar-refractivity contribution in [2.75, 3.05) is 13.1 Å². The van der Waals surface area contributed by atoms with Crippen LogP contribution < -0.4 is 11.1 Å². The molecular weight excluding hydrogens is 248 g/mol. The van der Waals surface area contributed by atoms with Crippen molar-refractivity contribution in [3.05, 3.63) is 48.0 Å². The molecule has 1 amide bonds. The fraction of sp³-hybridized carbons (Fsp3) is 0.353. The minimum Gasteiger partial charge on any atom is -0.352 e. The largest absolute Gasteiger partial charge is 0.352 e. The summed E-state index contributed by atoms with van der Waals surface area (Å²) < 4.78 is 0. The maximum Gasteiger partial charge on any atom is 0.251 e. The number of carbonyl (C=O) groups excluding carboxylic acids is 1. The van der Waals surface area contributed by atoms with Gasteiger partial charge in [0.1, 0.15) is 0 Å². The van der Waals surface area contributed by atoms with Crippen molar-refractivity contribution < 1.29 is 4.79 Å². The molecule has 3 nitrogen and oxygen atoms in total. The lowest BCUT2D eigenvalue weighted by atomic mass is 10.1. The molecule has 0 fully saturated rings. The van der Waals surface area contributed by atoms with E-state index in [1.165, 1.54) is 0 Å². The van der Waals surface area contributed by atoms with Crippen molar-refractivity contribution in [2.24, 2.45) is 11.7 Å². The van der Waals surface area contributed by atoms with Crippen molar-refractivity contribution in [3.63, 3.8) is 0 Å². The number of benzene rings is 2. The summed E-state index contributed by atoms with van der Waals surface area (Å²) in [6.45, 7) is 3.54. The topological polar surface area (TPSA) is 55.1 Å². The summed E-state index contributed by atoms with van der Waals surface area (Å²) in [4.78, 5) is 12.1. The van der Waals surface area contributed by atoms with Crippen LogP contribution in [0, 0.1) is 5.92 Å². The third-order valence-electron chi connectivity index (χ3n) is 3.57. The van der Waals surface area contributed by atoms with Gasteiger partial charge in [0.25, 0.3) is 5.91 Å². The molecule has 106 valence electrons. The van der Waals surface area contributed by atoms with Crippen LogP contribution in [-0.4, -0.2) is 19.0 Å². The highest BCUT2D eigenvalue weighted by Crippen LogP contribution is 2.15. The Labute approximate surface area is 120 Å². The molecule has 0 saturated heterocycles. The maximum absolute atomic E-state index is 12.1. The van der Waals surface area contributed by atoms with Crippen molar-refractivity contribution in [1.82, 2.24) is 5.32 Å². The molecule has 3 N–H and O–H groups in total. The second kappa shape index (κ2) is 7.06. The van der Waals surface area contributed by atoms with E-state index in [1.807, 2.05) is 42.5 Å². The fourth-order valence-electron chi connectivity index (χ4n) is 2.20. The average molecular weight is 270 g/mol. The molecule has 2 rings (SSSR count). The van der Waals surface area contributed by atoms with Crippen LogP contribution in [0.15, 0.2) is 42.5 Å². The first kappa shape index (κ1) is 14.5. The Kier molecular flexibility index (Phi) is 5.13. The van der Waals surface area contributed by atoms with Gasteiger partial charge in [-0.05, 0) is 48.2 Å². The van der Waals surface area contributed by atoms with E-state index in [2.05, 4.69) is 12.2 Å². The number of amides is 1. The first-order valence-corrected chi connectivity index (χ1v) is 7.18. The molecule has 2 aromatic rings. The quantitative estimate of drug-likeness (QED) is 0.793. The van der Waals surface area contributed by atoms with E-state index in [9.17, 15) is 4.79 Å². The van der Waals surface area contributed by atoms with E-state index in [0.717, 1.165) is 29.2 Å². The van der Waals surface area contributed by atoms with E-state index >= 15 is 0 Å². The molecular formula is C17H22N2O. The molecule has 0 aromatic heterocycles. The number of carbonyl (C=O) groups is 1. The lowest BCUT2D eigenvalue weighted by molar-refractivity contribution is 0.0952. The molecule has 0 aliphatic heterocycles. The van der Waals surface area contributed by atoms with Crippen LogP contribution in [-0.2, 0) is 0 Å². The smallest absolute Gasteiger partial charge is 0.251 e. The van der Waals surface area contributed by atoms with Gasteiger partial charge in [0, 0.05) is 12.1 Å². The molecule has 0 aliphatic rings. The SMILES string of the molecule is CC(CN)CCCNC(=O)c1ccc2ccccc2c1. The Morgan fingerprint density at radius 3 is 2.70 bits per heavy atom. The van der Waals surface area contributed by atoms with Crippen LogP contribution in [0.2, 0.25) is 0 Å². The molecule has 1 atom stereocenters. The zero-order chi connectivity index (χ0) is 14.4. The molecule has 20 heavy (non-hydrogen) atoms. The minimum absolute atomic E-state index is 0.00356. The monoisotopic (exact) mass is 270 g/mol. The van der Waals surface area contributed by atoms with Crippen LogP contribution in [0.5, 0.6) is 0 Å². The standard InChI is InChI=1S/C17H22N2O/c1-13(12-18)5-4-10-19-17(20)16-9-8-14-6-2-3-7-15(14)11-16/h2-3,6-9,11,13H,4-5,10,12,18H2,1H3,(H,19,20). The summed E-state index contributed by atoms with van der Waals surface area (Å²) in [7, 11) is 0. The molecule has 0 aliphatic carbocycles. The van der Waals surface area contributed by atoms with Gasteiger partial charge in [-0.1, -0.05) is 37.3 Å². The van der Waals surface area contributed by atoms with Gasteiger partial charge < -0.3 is 11.1 Å². The maximum atomic E-state index is 12.1. The van der Waals surface area contributed by atoms with Gasteiger partial charge in [-0.25, -0.2) is 0 Å². The molecule has 0 saturated carbocycles. The van der Waals surface area contributed by atoms with Gasteiger partial charge in [-0.15, -0.1) is 0 Å². The molecule has 2 aromatic carbocycles. The third-order valence-corrected chi connectivity index (χ3v) is 3.57. The highest BCUT2D eigenvalue weighted by Gasteiger charge is 2.06. The molecule has 0 heterocycles. The first-order valence-electron chi connectivity index (χ1n) is 7.18. The van der Waals surface area contributed by atoms with E-state index in [0.29, 0.717) is 19.0 Å². The molecule has 3 heteroatoms. The molecule has 0 radical (unpaired) electrons. The average Bonchev–Trinajstić information content (AvgIpc) is 2.50. The van der Waals surface area contributed by atoms with Crippen LogP contribution in [0.1, 0.15) is 30.1 Å². The summed E-state index contributed by atoms with van der Waals surface area (Å²) in [5, 5.41) is 5.21. The lowest BCUT2D eigenvalue weighted by Gasteiger charge is -2.09. The van der Waals surface area contributed by atoms with Crippen LogP contribution in [0.4, 0.5) is 0 Å². The Balaban J connectivity index is 1.91. The first-order chi connectivity index (χ1) is 9.70. The Bertz CT molecular complexity index is 580. The fourth-order valence-corrected chi connectivity index (χ4v) is 2.20. The summed E-state index contributed by atoms with van der Waals surface area (Å²) in [6.07, 6.45) is 2.02. The van der Waals surface area contributed by atoms with E-state index in [1.54, 1.807) is 0 Å². The zero-order valence-corrected chi connectivity index (χ0v) is 11.9. The summed E-state index contributed by atoms with van der Waals surface area (Å²) in [6, 6.07) is 13.9. The third kappa shape index (κ3) is 3.81. The number of nitrogens with two attached hydrogens (primary N) is 1. The minimum atomic E-state index is -0.00356. The number of rotatable bonds is 6. The van der Waals surface area contributed by atoms with Crippen molar-refractivity contribution >= 4 is 16.7 Å².